The van der Waals surface area contributed by atoms with Gasteiger partial charge >= 0.3 is 0 Å². The highest BCUT2D eigenvalue weighted by Crippen LogP contribution is 2.34. The van der Waals surface area contributed by atoms with Gasteiger partial charge in [-0.25, -0.2) is 0 Å². The summed E-state index contributed by atoms with van der Waals surface area (Å²) in [6.07, 6.45) is 2.84. The molecule has 0 aliphatic carbocycles. The third-order valence-corrected chi connectivity index (χ3v) is 4.98. The van der Waals surface area contributed by atoms with E-state index in [4.69, 9.17) is 14.2 Å². The maximum atomic E-state index is 12.4. The zero-order chi connectivity index (χ0) is 18.2. The van der Waals surface area contributed by atoms with Gasteiger partial charge in [-0.15, -0.1) is 0 Å². The van der Waals surface area contributed by atoms with E-state index in [0.717, 1.165) is 31.5 Å². The molecule has 140 valence electrons. The number of rotatable bonds is 8. The molecule has 1 saturated heterocycles. The fourth-order valence-corrected chi connectivity index (χ4v) is 3.38. The van der Waals surface area contributed by atoms with Crippen LogP contribution in [0.25, 0.3) is 0 Å². The van der Waals surface area contributed by atoms with Gasteiger partial charge in [0.25, 0.3) is 0 Å². The van der Waals surface area contributed by atoms with Crippen molar-refractivity contribution < 1.29 is 19.0 Å². The lowest BCUT2D eigenvalue weighted by molar-refractivity contribution is -0.122. The Morgan fingerprint density at radius 3 is 2.28 bits per heavy atom. The molecular weight excluding hydrogens is 320 g/mol. The van der Waals surface area contributed by atoms with Gasteiger partial charge in [-0.1, -0.05) is 6.92 Å². The van der Waals surface area contributed by atoms with Crippen LogP contribution in [-0.2, 0) is 11.3 Å². The first-order chi connectivity index (χ1) is 12.1. The summed E-state index contributed by atoms with van der Waals surface area (Å²) in [7, 11) is 4.79. The Balaban J connectivity index is 1.96. The first-order valence-electron chi connectivity index (χ1n) is 8.85. The lowest BCUT2D eigenvalue weighted by Crippen LogP contribution is -2.33. The van der Waals surface area contributed by atoms with E-state index in [1.807, 2.05) is 0 Å². The number of piperidine rings is 1. The summed E-state index contributed by atoms with van der Waals surface area (Å²) in [4.78, 5) is 12.4. The van der Waals surface area contributed by atoms with Crippen LogP contribution in [0.1, 0.15) is 31.7 Å². The Morgan fingerprint density at radius 1 is 1.16 bits per heavy atom. The number of hydrogen-bond acceptors (Lipinski definition) is 5. The average molecular weight is 350 g/mol. The van der Waals surface area contributed by atoms with E-state index in [0.29, 0.717) is 42.0 Å². The smallest absolute Gasteiger partial charge is 0.220 e. The van der Waals surface area contributed by atoms with Gasteiger partial charge < -0.3 is 24.8 Å². The van der Waals surface area contributed by atoms with Gasteiger partial charge in [0.15, 0.2) is 0 Å². The maximum absolute atomic E-state index is 12.4. The van der Waals surface area contributed by atoms with E-state index < -0.39 is 0 Å². The van der Waals surface area contributed by atoms with E-state index in [1.54, 1.807) is 33.5 Å². The van der Waals surface area contributed by atoms with Crippen LogP contribution in [0.15, 0.2) is 12.1 Å². The van der Waals surface area contributed by atoms with Crippen LogP contribution in [0.5, 0.6) is 17.2 Å². The van der Waals surface area contributed by atoms with Crippen LogP contribution in [0.3, 0.4) is 0 Å². The highest BCUT2D eigenvalue weighted by atomic mass is 16.5. The highest BCUT2D eigenvalue weighted by Gasteiger charge is 2.22. The standard InChI is InChI=1S/C19H30N2O4/c1-13(14-5-7-20-8-6-14)9-19(22)21-12-16-17(24-3)10-15(23-2)11-18(16)25-4/h10-11,13-14,20H,5-9,12H2,1-4H3,(H,21,22). The quantitative estimate of drug-likeness (QED) is 0.753. The molecule has 1 heterocycles. The molecule has 1 fully saturated rings. The Morgan fingerprint density at radius 2 is 1.76 bits per heavy atom. The molecule has 6 nitrogen and oxygen atoms in total. The fraction of sp³-hybridized carbons (Fsp3) is 0.632. The largest absolute Gasteiger partial charge is 0.496 e. The van der Waals surface area contributed by atoms with Crippen molar-refractivity contribution >= 4 is 5.91 Å². The predicted octanol–water partition coefficient (Wildman–Crippen LogP) is 2.35. The number of amides is 1. The summed E-state index contributed by atoms with van der Waals surface area (Å²) in [6, 6.07) is 3.59. The van der Waals surface area contributed by atoms with Gasteiger partial charge in [0.2, 0.25) is 5.91 Å². The number of nitrogens with one attached hydrogen (secondary N) is 2. The van der Waals surface area contributed by atoms with Crippen LogP contribution in [0.4, 0.5) is 0 Å². The Kier molecular flexibility index (Phi) is 7.37. The number of hydrogen-bond donors (Lipinski definition) is 2. The molecule has 1 aromatic carbocycles. The molecule has 1 aliphatic heterocycles. The molecular formula is C19H30N2O4. The summed E-state index contributed by atoms with van der Waals surface area (Å²) in [5, 5.41) is 6.37. The molecule has 1 aromatic rings. The molecule has 2 N–H and O–H groups in total. The molecule has 0 radical (unpaired) electrons. The zero-order valence-corrected chi connectivity index (χ0v) is 15.7. The van der Waals surface area contributed by atoms with Crippen molar-refractivity contribution in [3.63, 3.8) is 0 Å². The maximum Gasteiger partial charge on any atom is 0.220 e. The summed E-state index contributed by atoms with van der Waals surface area (Å²) >= 11 is 0. The minimum Gasteiger partial charge on any atom is -0.496 e. The van der Waals surface area contributed by atoms with Gasteiger partial charge in [0.05, 0.1) is 33.4 Å². The predicted molar refractivity (Wildman–Crippen MR) is 97.3 cm³/mol. The third kappa shape index (κ3) is 5.26. The van der Waals surface area contributed by atoms with Crippen LogP contribution in [-0.4, -0.2) is 40.3 Å². The van der Waals surface area contributed by atoms with Crippen LogP contribution < -0.4 is 24.8 Å². The van der Waals surface area contributed by atoms with Crippen molar-refractivity contribution in [3.05, 3.63) is 17.7 Å². The summed E-state index contributed by atoms with van der Waals surface area (Å²) in [6.45, 7) is 4.64. The second kappa shape index (κ2) is 9.51. The molecule has 1 atom stereocenters. The van der Waals surface area contributed by atoms with Gasteiger partial charge in [-0.3, -0.25) is 4.79 Å². The van der Waals surface area contributed by atoms with Crippen LogP contribution in [0, 0.1) is 11.8 Å². The first-order valence-corrected chi connectivity index (χ1v) is 8.85. The van der Waals surface area contributed by atoms with Gasteiger partial charge in [-0.2, -0.15) is 0 Å². The molecule has 0 bridgehead atoms. The highest BCUT2D eigenvalue weighted by molar-refractivity contribution is 5.76. The van der Waals surface area contributed by atoms with E-state index in [1.165, 1.54) is 0 Å². The van der Waals surface area contributed by atoms with E-state index in [2.05, 4.69) is 17.6 Å². The first kappa shape index (κ1) is 19.4. The lowest BCUT2D eigenvalue weighted by Gasteiger charge is -2.28. The zero-order valence-electron chi connectivity index (χ0n) is 15.7. The number of benzene rings is 1. The summed E-state index contributed by atoms with van der Waals surface area (Å²) < 4.78 is 16.1. The molecule has 0 aromatic heterocycles. The molecule has 6 heteroatoms. The second-order valence-electron chi connectivity index (χ2n) is 6.56. The number of carbonyl (C=O) groups is 1. The molecule has 1 aliphatic rings. The van der Waals surface area contributed by atoms with Gasteiger partial charge in [0.1, 0.15) is 17.2 Å². The van der Waals surface area contributed by atoms with Crippen LogP contribution >= 0.6 is 0 Å². The summed E-state index contributed by atoms with van der Waals surface area (Å²) in [5.41, 5.74) is 0.814. The normalized spacial score (nSPS) is 16.2. The van der Waals surface area contributed by atoms with Gasteiger partial charge in [-0.05, 0) is 37.8 Å². The number of ether oxygens (including phenoxy) is 3. The minimum absolute atomic E-state index is 0.0611. The second-order valence-corrected chi connectivity index (χ2v) is 6.56. The third-order valence-electron chi connectivity index (χ3n) is 4.98. The minimum atomic E-state index is 0.0611. The molecule has 0 saturated carbocycles. The average Bonchev–Trinajstić information content (AvgIpc) is 2.66. The topological polar surface area (TPSA) is 68.8 Å². The summed E-state index contributed by atoms with van der Waals surface area (Å²) in [5.74, 6) is 3.01. The van der Waals surface area contributed by atoms with E-state index in [9.17, 15) is 4.79 Å². The van der Waals surface area contributed by atoms with Crippen molar-refractivity contribution in [2.75, 3.05) is 34.4 Å². The molecule has 0 spiro atoms. The molecule has 1 amide bonds. The van der Waals surface area contributed by atoms with Crippen molar-refractivity contribution in [2.24, 2.45) is 11.8 Å². The molecule has 1 unspecified atom stereocenters. The lowest BCUT2D eigenvalue weighted by atomic mass is 9.84. The van der Waals surface area contributed by atoms with Crippen molar-refractivity contribution in [1.29, 1.82) is 0 Å². The van der Waals surface area contributed by atoms with E-state index in [-0.39, 0.29) is 5.91 Å². The van der Waals surface area contributed by atoms with Crippen molar-refractivity contribution in [1.82, 2.24) is 10.6 Å². The van der Waals surface area contributed by atoms with Crippen molar-refractivity contribution in [2.45, 2.75) is 32.7 Å². The SMILES string of the molecule is COc1cc(OC)c(CNC(=O)CC(C)C2CCNCC2)c(OC)c1. The monoisotopic (exact) mass is 350 g/mol. The van der Waals surface area contributed by atoms with Crippen LogP contribution in [0.2, 0.25) is 0 Å². The number of methoxy groups -OCH3 is 3. The molecule has 2 rings (SSSR count). The Labute approximate surface area is 150 Å². The Hall–Kier alpha value is -1.95. The number of carbonyl (C=O) groups excluding carboxylic acids is 1. The van der Waals surface area contributed by atoms with Crippen molar-refractivity contribution in [3.8, 4) is 17.2 Å². The van der Waals surface area contributed by atoms with Gasteiger partial charge in [0, 0.05) is 18.6 Å². The Bertz CT molecular complexity index is 546. The fourth-order valence-electron chi connectivity index (χ4n) is 3.38. The van der Waals surface area contributed by atoms with E-state index >= 15 is 0 Å². The molecule has 25 heavy (non-hydrogen) atoms.